The summed E-state index contributed by atoms with van der Waals surface area (Å²) in [6.07, 6.45) is 6.67. The highest BCUT2D eigenvalue weighted by Gasteiger charge is 2.10. The van der Waals surface area contributed by atoms with E-state index < -0.39 is 0 Å². The molecule has 0 radical (unpaired) electrons. The summed E-state index contributed by atoms with van der Waals surface area (Å²) < 4.78 is 6.03. The Morgan fingerprint density at radius 3 is 2.85 bits per heavy atom. The first-order chi connectivity index (χ1) is 9.76. The number of rotatable bonds is 7. The lowest BCUT2D eigenvalue weighted by molar-refractivity contribution is 0.235. The largest absolute Gasteiger partial charge is 0.493 e. The van der Waals surface area contributed by atoms with Crippen LogP contribution in [0.15, 0.2) is 30.5 Å². The van der Waals surface area contributed by atoms with Crippen molar-refractivity contribution in [3.8, 4) is 5.75 Å². The smallest absolute Gasteiger partial charge is 0.128 e. The number of aromatic nitrogens is 1. The molecule has 0 amide bonds. The van der Waals surface area contributed by atoms with Gasteiger partial charge in [-0.1, -0.05) is 33.1 Å². The van der Waals surface area contributed by atoms with Crippen molar-refractivity contribution in [2.24, 2.45) is 5.92 Å². The van der Waals surface area contributed by atoms with Crippen LogP contribution in [-0.2, 0) is 0 Å². The number of unbranched alkanes of at least 4 members (excludes halogenated alkanes) is 1. The average molecular weight is 272 g/mol. The first-order valence-electron chi connectivity index (χ1n) is 7.52. The Kier molecular flexibility index (Phi) is 5.22. The summed E-state index contributed by atoms with van der Waals surface area (Å²) in [6.45, 7) is 5.23. The highest BCUT2D eigenvalue weighted by atomic mass is 16.5. The molecule has 0 bridgehead atoms. The minimum Gasteiger partial charge on any atom is -0.493 e. The van der Waals surface area contributed by atoms with Crippen molar-refractivity contribution in [1.29, 1.82) is 0 Å². The molecular formula is C17H24N2O. The van der Waals surface area contributed by atoms with Gasteiger partial charge in [-0.05, 0) is 36.6 Å². The second kappa shape index (κ2) is 7.13. The second-order valence-corrected chi connectivity index (χ2v) is 5.28. The Balaban J connectivity index is 2.11. The quantitative estimate of drug-likeness (QED) is 0.759. The highest BCUT2D eigenvalue weighted by Crippen LogP contribution is 2.29. The first kappa shape index (κ1) is 14.6. The topological polar surface area (TPSA) is 48.1 Å². The third-order valence-corrected chi connectivity index (χ3v) is 3.78. The molecule has 0 saturated heterocycles. The fourth-order valence-corrected chi connectivity index (χ4v) is 2.40. The zero-order valence-electron chi connectivity index (χ0n) is 12.4. The second-order valence-electron chi connectivity index (χ2n) is 5.28. The summed E-state index contributed by atoms with van der Waals surface area (Å²) in [7, 11) is 0. The van der Waals surface area contributed by atoms with Gasteiger partial charge in [0, 0.05) is 11.6 Å². The van der Waals surface area contributed by atoms with E-state index in [1.165, 1.54) is 19.3 Å². The van der Waals surface area contributed by atoms with Gasteiger partial charge in [-0.15, -0.1) is 0 Å². The van der Waals surface area contributed by atoms with E-state index in [4.69, 9.17) is 10.5 Å². The number of ether oxygens (including phenoxy) is 1. The Bertz CT molecular complexity index is 554. The molecule has 1 aromatic heterocycles. The number of hydrogen-bond donors (Lipinski definition) is 1. The molecule has 1 atom stereocenters. The predicted molar refractivity (Wildman–Crippen MR) is 85.0 cm³/mol. The summed E-state index contributed by atoms with van der Waals surface area (Å²) in [5.41, 5.74) is 7.48. The van der Waals surface area contributed by atoms with E-state index in [1.807, 2.05) is 24.3 Å². The van der Waals surface area contributed by atoms with Crippen molar-refractivity contribution in [2.45, 2.75) is 39.5 Å². The van der Waals surface area contributed by atoms with E-state index >= 15 is 0 Å². The number of fused-ring (bicyclic) bond motifs is 1. The van der Waals surface area contributed by atoms with Gasteiger partial charge in [0.15, 0.2) is 0 Å². The van der Waals surface area contributed by atoms with E-state index in [-0.39, 0.29) is 0 Å². The molecule has 2 rings (SSSR count). The minimum absolute atomic E-state index is 0.624. The lowest BCUT2D eigenvalue weighted by Gasteiger charge is -2.16. The van der Waals surface area contributed by atoms with Crippen LogP contribution in [0.2, 0.25) is 0 Å². The van der Waals surface area contributed by atoms with Crippen LogP contribution >= 0.6 is 0 Å². The van der Waals surface area contributed by atoms with E-state index in [2.05, 4.69) is 18.8 Å². The number of nitrogen functional groups attached to an aromatic ring is 1. The Morgan fingerprint density at radius 2 is 2.10 bits per heavy atom. The third kappa shape index (κ3) is 3.41. The maximum atomic E-state index is 6.03. The van der Waals surface area contributed by atoms with Crippen LogP contribution in [0.4, 0.5) is 5.69 Å². The molecule has 1 heterocycles. The van der Waals surface area contributed by atoms with Crippen LogP contribution < -0.4 is 10.5 Å². The zero-order chi connectivity index (χ0) is 14.4. The van der Waals surface area contributed by atoms with E-state index in [0.717, 1.165) is 29.7 Å². The Morgan fingerprint density at radius 1 is 1.25 bits per heavy atom. The maximum Gasteiger partial charge on any atom is 0.128 e. The Hall–Kier alpha value is -1.77. The average Bonchev–Trinajstić information content (AvgIpc) is 2.49. The summed E-state index contributed by atoms with van der Waals surface area (Å²) in [5.74, 6) is 1.51. The summed E-state index contributed by atoms with van der Waals surface area (Å²) >= 11 is 0. The molecule has 0 aliphatic rings. The summed E-state index contributed by atoms with van der Waals surface area (Å²) in [4.78, 5) is 4.33. The van der Waals surface area contributed by atoms with Gasteiger partial charge < -0.3 is 10.5 Å². The van der Waals surface area contributed by atoms with Crippen LogP contribution in [0.5, 0.6) is 5.75 Å². The van der Waals surface area contributed by atoms with Crippen LogP contribution in [0.3, 0.4) is 0 Å². The molecule has 1 unspecified atom stereocenters. The monoisotopic (exact) mass is 272 g/mol. The van der Waals surface area contributed by atoms with E-state index in [1.54, 1.807) is 6.20 Å². The van der Waals surface area contributed by atoms with Crippen LogP contribution in [0.1, 0.15) is 39.5 Å². The molecule has 0 spiro atoms. The van der Waals surface area contributed by atoms with Crippen molar-refractivity contribution in [3.63, 3.8) is 0 Å². The standard InChI is InChI=1S/C17H24N2O/c1-3-5-7-13(4-2)12-20-16-10-9-15(18)17-14(16)8-6-11-19-17/h6,8-11,13H,3-5,7,12,18H2,1-2H3. The first-order valence-corrected chi connectivity index (χ1v) is 7.52. The number of nitrogens with zero attached hydrogens (tertiary/aromatic N) is 1. The fourth-order valence-electron chi connectivity index (χ4n) is 2.40. The lowest BCUT2D eigenvalue weighted by atomic mass is 10.0. The van der Waals surface area contributed by atoms with Crippen molar-refractivity contribution < 1.29 is 4.74 Å². The number of nitrogens with two attached hydrogens (primary N) is 1. The van der Waals surface area contributed by atoms with Gasteiger partial charge in [0.05, 0.1) is 17.8 Å². The molecule has 0 fully saturated rings. The van der Waals surface area contributed by atoms with Gasteiger partial charge in [-0.25, -0.2) is 0 Å². The van der Waals surface area contributed by atoms with Gasteiger partial charge >= 0.3 is 0 Å². The number of anilines is 1. The van der Waals surface area contributed by atoms with Crippen LogP contribution in [-0.4, -0.2) is 11.6 Å². The van der Waals surface area contributed by atoms with Gasteiger partial charge in [-0.2, -0.15) is 0 Å². The van der Waals surface area contributed by atoms with Crippen molar-refractivity contribution in [3.05, 3.63) is 30.5 Å². The highest BCUT2D eigenvalue weighted by molar-refractivity contribution is 5.93. The molecule has 108 valence electrons. The van der Waals surface area contributed by atoms with Crippen LogP contribution in [0.25, 0.3) is 10.9 Å². The maximum absolute atomic E-state index is 6.03. The minimum atomic E-state index is 0.624. The molecule has 0 aliphatic carbocycles. The summed E-state index contributed by atoms with van der Waals surface area (Å²) in [5, 5.41) is 0.998. The molecular weight excluding hydrogens is 248 g/mol. The van der Waals surface area contributed by atoms with Gasteiger partial charge in [-0.3, -0.25) is 4.98 Å². The van der Waals surface area contributed by atoms with Gasteiger partial charge in [0.1, 0.15) is 5.75 Å². The van der Waals surface area contributed by atoms with Gasteiger partial charge in [0.25, 0.3) is 0 Å². The van der Waals surface area contributed by atoms with Crippen molar-refractivity contribution >= 4 is 16.6 Å². The normalized spacial score (nSPS) is 12.5. The number of benzene rings is 1. The summed E-state index contributed by atoms with van der Waals surface area (Å²) in [6, 6.07) is 7.76. The SMILES string of the molecule is CCCCC(CC)COc1ccc(N)c2ncccc12. The molecule has 20 heavy (non-hydrogen) atoms. The molecule has 0 saturated carbocycles. The molecule has 0 aliphatic heterocycles. The van der Waals surface area contributed by atoms with E-state index in [0.29, 0.717) is 11.6 Å². The third-order valence-electron chi connectivity index (χ3n) is 3.78. The Labute approximate surface area is 121 Å². The molecule has 3 nitrogen and oxygen atoms in total. The number of hydrogen-bond acceptors (Lipinski definition) is 3. The molecule has 2 N–H and O–H groups in total. The van der Waals surface area contributed by atoms with Crippen molar-refractivity contribution in [2.75, 3.05) is 12.3 Å². The molecule has 2 aromatic rings. The predicted octanol–water partition coefficient (Wildman–Crippen LogP) is 4.41. The zero-order valence-corrected chi connectivity index (χ0v) is 12.4. The van der Waals surface area contributed by atoms with Gasteiger partial charge in [0.2, 0.25) is 0 Å². The molecule has 3 heteroatoms. The fraction of sp³-hybridized carbons (Fsp3) is 0.471. The lowest BCUT2D eigenvalue weighted by Crippen LogP contribution is -2.11. The van der Waals surface area contributed by atoms with E-state index in [9.17, 15) is 0 Å². The van der Waals surface area contributed by atoms with Crippen LogP contribution in [0, 0.1) is 5.92 Å². The number of pyridine rings is 1. The molecule has 1 aromatic carbocycles. The van der Waals surface area contributed by atoms with Crippen molar-refractivity contribution in [1.82, 2.24) is 4.98 Å².